The van der Waals surface area contributed by atoms with Crippen molar-refractivity contribution in [3.63, 3.8) is 0 Å². The lowest BCUT2D eigenvalue weighted by Crippen LogP contribution is -2.58. The third-order valence-corrected chi connectivity index (χ3v) is 6.00. The summed E-state index contributed by atoms with van der Waals surface area (Å²) in [6, 6.07) is 9.80. The van der Waals surface area contributed by atoms with Crippen molar-refractivity contribution in [1.82, 2.24) is 14.4 Å². The predicted molar refractivity (Wildman–Crippen MR) is 109 cm³/mol. The molecule has 0 aliphatic carbocycles. The van der Waals surface area contributed by atoms with Gasteiger partial charge in [-0.3, -0.25) is 9.69 Å². The van der Waals surface area contributed by atoms with Gasteiger partial charge in [0.1, 0.15) is 0 Å². The number of likely N-dealkylation sites (tertiary alicyclic amines) is 1. The molecular weight excluding hydrogens is 370 g/mol. The first-order valence-electron chi connectivity index (χ1n) is 10.1. The average molecular weight is 399 g/mol. The van der Waals surface area contributed by atoms with E-state index in [0.29, 0.717) is 37.6 Å². The van der Waals surface area contributed by atoms with Crippen LogP contribution in [0.3, 0.4) is 0 Å². The first-order chi connectivity index (χ1) is 14.0. The molecule has 2 aliphatic rings. The summed E-state index contributed by atoms with van der Waals surface area (Å²) in [6.07, 6.45) is 3.35. The minimum absolute atomic E-state index is 0.199. The van der Waals surface area contributed by atoms with Crippen molar-refractivity contribution in [3.05, 3.63) is 47.8 Å². The van der Waals surface area contributed by atoms with Crippen LogP contribution >= 0.6 is 0 Å². The molecule has 156 valence electrons. The number of carbonyl (C=O) groups is 1. The Hall–Kier alpha value is -2.51. The molecule has 7 nitrogen and oxygen atoms in total. The number of carbonyl (C=O) groups excluding carboxylic acids is 1. The fourth-order valence-electron chi connectivity index (χ4n) is 4.52. The van der Waals surface area contributed by atoms with Gasteiger partial charge in [-0.25, -0.2) is 0 Å². The smallest absolute Gasteiger partial charge is 0.256 e. The van der Waals surface area contributed by atoms with Gasteiger partial charge in [-0.2, -0.15) is 0 Å². The zero-order chi connectivity index (χ0) is 20.4. The number of methoxy groups -OCH3 is 2. The Morgan fingerprint density at radius 1 is 1.10 bits per heavy atom. The van der Waals surface area contributed by atoms with Gasteiger partial charge in [-0.05, 0) is 31.0 Å². The highest BCUT2D eigenvalue weighted by molar-refractivity contribution is 5.86. The molecule has 4 rings (SSSR count). The van der Waals surface area contributed by atoms with Crippen LogP contribution in [0.25, 0.3) is 0 Å². The van der Waals surface area contributed by atoms with Crippen LogP contribution in [-0.4, -0.2) is 64.8 Å². The van der Waals surface area contributed by atoms with Crippen LogP contribution in [0, 0.1) is 0 Å². The van der Waals surface area contributed by atoms with E-state index < -0.39 is 5.60 Å². The van der Waals surface area contributed by atoms with E-state index in [9.17, 15) is 9.90 Å². The maximum absolute atomic E-state index is 13.2. The van der Waals surface area contributed by atoms with E-state index in [1.807, 2.05) is 24.3 Å². The normalized spacial score (nSPS) is 22.4. The Morgan fingerprint density at radius 2 is 1.97 bits per heavy atom. The SMILES string of the molecule is COc1cccc(CN2CCCC(O)(CN3CCn4cccc4C3)C2=O)c1OC. The molecular formula is C22H29N3O4. The van der Waals surface area contributed by atoms with Crippen molar-refractivity contribution in [2.75, 3.05) is 33.9 Å². The van der Waals surface area contributed by atoms with Crippen molar-refractivity contribution >= 4 is 5.91 Å². The number of aliphatic hydroxyl groups is 1. The molecule has 1 N–H and O–H groups in total. The Kier molecular flexibility index (Phi) is 5.52. The minimum atomic E-state index is -1.35. The van der Waals surface area contributed by atoms with E-state index in [2.05, 4.69) is 21.7 Å². The second kappa shape index (κ2) is 8.08. The lowest BCUT2D eigenvalue weighted by Gasteiger charge is -2.42. The molecule has 1 aromatic heterocycles. The van der Waals surface area contributed by atoms with Gasteiger partial charge in [0, 0.05) is 56.7 Å². The summed E-state index contributed by atoms with van der Waals surface area (Å²) in [4.78, 5) is 17.2. The molecule has 7 heteroatoms. The summed E-state index contributed by atoms with van der Waals surface area (Å²) in [5, 5.41) is 11.3. The van der Waals surface area contributed by atoms with Gasteiger partial charge in [0.05, 0.1) is 14.2 Å². The molecule has 1 atom stereocenters. The number of fused-ring (bicyclic) bond motifs is 1. The standard InChI is InChI=1S/C22H29N3O4/c1-28-19-8-3-6-17(20(19)29-2)14-25-11-5-9-22(27,21(25)26)16-23-12-13-24-10-4-7-18(24)15-23/h3-4,6-8,10,27H,5,9,11-16H2,1-2H3. The molecule has 1 amide bonds. The van der Waals surface area contributed by atoms with Crippen LogP contribution in [0.2, 0.25) is 0 Å². The zero-order valence-electron chi connectivity index (χ0n) is 17.1. The minimum Gasteiger partial charge on any atom is -0.493 e. The molecule has 1 aromatic carbocycles. The number of amides is 1. The van der Waals surface area contributed by atoms with Crippen molar-refractivity contribution in [3.8, 4) is 11.5 Å². The van der Waals surface area contributed by atoms with Crippen LogP contribution in [-0.2, 0) is 24.4 Å². The van der Waals surface area contributed by atoms with E-state index in [0.717, 1.165) is 31.6 Å². The lowest BCUT2D eigenvalue weighted by atomic mass is 9.90. The summed E-state index contributed by atoms with van der Waals surface area (Å²) in [7, 11) is 3.20. The van der Waals surface area contributed by atoms with Crippen molar-refractivity contribution < 1.29 is 19.4 Å². The molecule has 1 unspecified atom stereocenters. The number of rotatable bonds is 6. The average Bonchev–Trinajstić information content (AvgIpc) is 3.19. The third kappa shape index (κ3) is 3.84. The number of nitrogens with zero attached hydrogens (tertiary/aromatic N) is 3. The Bertz CT molecular complexity index is 881. The highest BCUT2D eigenvalue weighted by Gasteiger charge is 2.43. The van der Waals surface area contributed by atoms with Gasteiger partial charge in [0.15, 0.2) is 17.1 Å². The number of hydrogen-bond acceptors (Lipinski definition) is 5. The van der Waals surface area contributed by atoms with Crippen molar-refractivity contribution in [2.45, 2.75) is 38.1 Å². The highest BCUT2D eigenvalue weighted by atomic mass is 16.5. The van der Waals surface area contributed by atoms with Gasteiger partial charge in [-0.1, -0.05) is 12.1 Å². The third-order valence-electron chi connectivity index (χ3n) is 6.00. The number of benzene rings is 1. The van der Waals surface area contributed by atoms with E-state index in [-0.39, 0.29) is 5.91 Å². The molecule has 1 saturated heterocycles. The maximum atomic E-state index is 13.2. The molecule has 2 aromatic rings. The fraction of sp³-hybridized carbons (Fsp3) is 0.500. The number of ether oxygens (including phenoxy) is 2. The van der Waals surface area contributed by atoms with Crippen LogP contribution in [0.4, 0.5) is 0 Å². The molecule has 0 saturated carbocycles. The van der Waals surface area contributed by atoms with Gasteiger partial charge in [0.2, 0.25) is 0 Å². The van der Waals surface area contributed by atoms with Crippen molar-refractivity contribution in [1.29, 1.82) is 0 Å². The summed E-state index contributed by atoms with van der Waals surface area (Å²) in [5.74, 6) is 1.07. The molecule has 0 bridgehead atoms. The van der Waals surface area contributed by atoms with E-state index >= 15 is 0 Å². The van der Waals surface area contributed by atoms with Crippen molar-refractivity contribution in [2.24, 2.45) is 0 Å². The summed E-state index contributed by atoms with van der Waals surface area (Å²) in [5.41, 5.74) is 0.750. The van der Waals surface area contributed by atoms with E-state index in [4.69, 9.17) is 9.47 Å². The fourth-order valence-corrected chi connectivity index (χ4v) is 4.52. The van der Waals surface area contributed by atoms with Gasteiger partial charge in [-0.15, -0.1) is 0 Å². The topological polar surface area (TPSA) is 67.2 Å². The number of piperidine rings is 1. The van der Waals surface area contributed by atoms with Crippen LogP contribution < -0.4 is 9.47 Å². The highest BCUT2D eigenvalue weighted by Crippen LogP contribution is 2.33. The number of para-hydroxylation sites is 1. The summed E-state index contributed by atoms with van der Waals surface area (Å²) in [6.45, 7) is 3.86. The predicted octanol–water partition coefficient (Wildman–Crippen LogP) is 1.87. The Morgan fingerprint density at radius 3 is 2.76 bits per heavy atom. The number of β-amino-alcohol motifs (C(OH)–C–C–N with tert-alkyl or cyclic N) is 1. The zero-order valence-corrected chi connectivity index (χ0v) is 17.1. The molecule has 2 aliphatic heterocycles. The number of aromatic nitrogens is 1. The lowest BCUT2D eigenvalue weighted by molar-refractivity contribution is -0.160. The van der Waals surface area contributed by atoms with Gasteiger partial charge < -0.3 is 24.0 Å². The number of hydrogen-bond donors (Lipinski definition) is 1. The van der Waals surface area contributed by atoms with Crippen LogP contribution in [0.5, 0.6) is 11.5 Å². The van der Waals surface area contributed by atoms with Gasteiger partial charge >= 0.3 is 0 Å². The summed E-state index contributed by atoms with van der Waals surface area (Å²) < 4.78 is 13.1. The molecule has 3 heterocycles. The second-order valence-corrected chi connectivity index (χ2v) is 7.92. The van der Waals surface area contributed by atoms with E-state index in [1.165, 1.54) is 5.69 Å². The van der Waals surface area contributed by atoms with Gasteiger partial charge in [0.25, 0.3) is 5.91 Å². The molecule has 0 spiro atoms. The molecule has 0 radical (unpaired) electrons. The monoisotopic (exact) mass is 399 g/mol. The Balaban J connectivity index is 1.48. The molecule has 1 fully saturated rings. The van der Waals surface area contributed by atoms with E-state index in [1.54, 1.807) is 19.1 Å². The first-order valence-corrected chi connectivity index (χ1v) is 10.1. The quantitative estimate of drug-likeness (QED) is 0.803. The molecule has 29 heavy (non-hydrogen) atoms. The first kappa shape index (κ1) is 19.8. The van der Waals surface area contributed by atoms with Crippen LogP contribution in [0.1, 0.15) is 24.1 Å². The maximum Gasteiger partial charge on any atom is 0.256 e. The Labute approximate surface area is 171 Å². The second-order valence-electron chi connectivity index (χ2n) is 7.92. The summed E-state index contributed by atoms with van der Waals surface area (Å²) >= 11 is 0. The van der Waals surface area contributed by atoms with Crippen LogP contribution in [0.15, 0.2) is 36.5 Å². The largest absolute Gasteiger partial charge is 0.493 e.